The van der Waals surface area contributed by atoms with Crippen LogP contribution in [0.2, 0.25) is 0 Å². The van der Waals surface area contributed by atoms with Gasteiger partial charge in [0.25, 0.3) is 0 Å². The summed E-state index contributed by atoms with van der Waals surface area (Å²) in [5.74, 6) is 1.95. The Kier molecular flexibility index (Phi) is 5.59. The van der Waals surface area contributed by atoms with Gasteiger partial charge in [-0.3, -0.25) is 4.99 Å². The Morgan fingerprint density at radius 1 is 0.929 bits per heavy atom. The molecular formula is C22H21NO3S2. The number of methoxy groups -OCH3 is 3. The average molecular weight is 412 g/mol. The lowest BCUT2D eigenvalue weighted by atomic mass is 10.0. The highest BCUT2D eigenvalue weighted by Crippen LogP contribution is 2.49. The first-order valence-electron chi connectivity index (χ1n) is 8.90. The summed E-state index contributed by atoms with van der Waals surface area (Å²) in [6.45, 7) is 0. The molecule has 28 heavy (non-hydrogen) atoms. The standard InChI is InChI=1S/C22H21NO3S2/c1-24-17-11-14(12-18(25-2)22(17)26-3)21-13-16(19-9-6-10-27-19)23-15-7-4-5-8-20(15)28-21/h4-12,21H,13H2,1-3H3. The third kappa shape index (κ3) is 3.62. The van der Waals surface area contributed by atoms with E-state index in [1.165, 1.54) is 9.77 Å². The second-order valence-electron chi connectivity index (χ2n) is 6.27. The monoisotopic (exact) mass is 411 g/mol. The smallest absolute Gasteiger partial charge is 0.203 e. The number of ether oxygens (including phenoxy) is 3. The molecule has 6 heteroatoms. The summed E-state index contributed by atoms with van der Waals surface area (Å²) >= 11 is 3.54. The first-order valence-corrected chi connectivity index (χ1v) is 10.7. The molecule has 4 rings (SSSR count). The molecule has 4 nitrogen and oxygen atoms in total. The van der Waals surface area contributed by atoms with Crippen LogP contribution < -0.4 is 14.2 Å². The maximum absolute atomic E-state index is 5.57. The molecule has 0 aliphatic carbocycles. The van der Waals surface area contributed by atoms with Crippen LogP contribution in [0.1, 0.15) is 22.1 Å². The van der Waals surface area contributed by atoms with Crippen molar-refractivity contribution in [2.24, 2.45) is 4.99 Å². The van der Waals surface area contributed by atoms with E-state index in [1.54, 1.807) is 32.7 Å². The first kappa shape index (κ1) is 18.9. The van der Waals surface area contributed by atoms with Crippen molar-refractivity contribution in [3.8, 4) is 17.2 Å². The summed E-state index contributed by atoms with van der Waals surface area (Å²) in [6.07, 6.45) is 0.818. The molecule has 0 saturated carbocycles. The highest BCUT2D eigenvalue weighted by Gasteiger charge is 2.25. The van der Waals surface area contributed by atoms with Crippen molar-refractivity contribution in [1.29, 1.82) is 0 Å². The summed E-state index contributed by atoms with van der Waals surface area (Å²) in [5.41, 5.74) is 3.25. The number of hydrogen-bond acceptors (Lipinski definition) is 6. The molecule has 1 unspecified atom stereocenters. The van der Waals surface area contributed by atoms with Crippen LogP contribution in [0, 0.1) is 0 Å². The van der Waals surface area contributed by atoms with Crippen LogP contribution in [0.3, 0.4) is 0 Å². The highest BCUT2D eigenvalue weighted by atomic mass is 32.2. The molecule has 1 aromatic heterocycles. The molecular weight excluding hydrogens is 390 g/mol. The van der Waals surface area contributed by atoms with Crippen LogP contribution in [0.25, 0.3) is 0 Å². The summed E-state index contributed by atoms with van der Waals surface area (Å²) in [5, 5.41) is 2.27. The number of benzene rings is 2. The molecule has 0 spiro atoms. The molecule has 3 aromatic rings. The average Bonchev–Trinajstić information content (AvgIpc) is 3.20. The lowest BCUT2D eigenvalue weighted by Gasteiger charge is -2.19. The predicted octanol–water partition coefficient (Wildman–Crippen LogP) is 6.13. The highest BCUT2D eigenvalue weighted by molar-refractivity contribution is 7.99. The van der Waals surface area contributed by atoms with Gasteiger partial charge in [-0.25, -0.2) is 0 Å². The van der Waals surface area contributed by atoms with E-state index in [-0.39, 0.29) is 5.25 Å². The van der Waals surface area contributed by atoms with E-state index in [0.717, 1.165) is 23.4 Å². The van der Waals surface area contributed by atoms with E-state index >= 15 is 0 Å². The Bertz CT molecular complexity index is 974. The Labute approximate surface area is 173 Å². The molecule has 144 valence electrons. The van der Waals surface area contributed by atoms with Gasteiger partial charge in [0.2, 0.25) is 5.75 Å². The number of fused-ring (bicyclic) bond motifs is 1. The zero-order valence-corrected chi connectivity index (χ0v) is 17.6. The van der Waals surface area contributed by atoms with Gasteiger partial charge in [-0.15, -0.1) is 23.1 Å². The van der Waals surface area contributed by atoms with Crippen molar-refractivity contribution in [3.63, 3.8) is 0 Å². The third-order valence-electron chi connectivity index (χ3n) is 4.63. The fraction of sp³-hybridized carbons (Fsp3) is 0.227. The zero-order valence-electron chi connectivity index (χ0n) is 16.0. The Morgan fingerprint density at radius 2 is 1.68 bits per heavy atom. The molecule has 1 aliphatic rings. The molecule has 0 radical (unpaired) electrons. The van der Waals surface area contributed by atoms with Crippen LogP contribution in [0.5, 0.6) is 17.2 Å². The lowest BCUT2D eigenvalue weighted by Crippen LogP contribution is -2.05. The van der Waals surface area contributed by atoms with Gasteiger partial charge >= 0.3 is 0 Å². The molecule has 1 atom stereocenters. The third-order valence-corrected chi connectivity index (χ3v) is 6.87. The van der Waals surface area contributed by atoms with E-state index in [0.29, 0.717) is 17.2 Å². The second kappa shape index (κ2) is 8.29. The van der Waals surface area contributed by atoms with Crippen molar-refractivity contribution in [1.82, 2.24) is 0 Å². The van der Waals surface area contributed by atoms with Gasteiger partial charge in [0.15, 0.2) is 11.5 Å². The number of para-hydroxylation sites is 1. The molecule has 0 amide bonds. The van der Waals surface area contributed by atoms with E-state index in [4.69, 9.17) is 19.2 Å². The van der Waals surface area contributed by atoms with Crippen LogP contribution in [0.15, 0.2) is 63.8 Å². The minimum Gasteiger partial charge on any atom is -0.493 e. The Hall–Kier alpha value is -2.44. The molecule has 0 bridgehead atoms. The maximum Gasteiger partial charge on any atom is 0.203 e. The number of thioether (sulfide) groups is 1. The summed E-state index contributed by atoms with van der Waals surface area (Å²) in [6, 6.07) is 16.6. The van der Waals surface area contributed by atoms with E-state index in [9.17, 15) is 0 Å². The quantitative estimate of drug-likeness (QED) is 0.506. The van der Waals surface area contributed by atoms with Crippen molar-refractivity contribution in [2.45, 2.75) is 16.6 Å². The lowest BCUT2D eigenvalue weighted by molar-refractivity contribution is 0.324. The normalized spacial score (nSPS) is 16.0. The van der Waals surface area contributed by atoms with Crippen LogP contribution in [-0.2, 0) is 0 Å². The number of aliphatic imine (C=N–C) groups is 1. The molecule has 0 saturated heterocycles. The zero-order chi connectivity index (χ0) is 19.5. The van der Waals surface area contributed by atoms with E-state index in [2.05, 4.69) is 35.7 Å². The van der Waals surface area contributed by atoms with Crippen LogP contribution >= 0.6 is 23.1 Å². The fourth-order valence-electron chi connectivity index (χ4n) is 3.28. The Morgan fingerprint density at radius 3 is 2.32 bits per heavy atom. The largest absolute Gasteiger partial charge is 0.493 e. The van der Waals surface area contributed by atoms with Gasteiger partial charge in [0.1, 0.15) is 0 Å². The Balaban J connectivity index is 1.81. The number of thiophene rings is 1. The summed E-state index contributed by atoms with van der Waals surface area (Å²) in [7, 11) is 4.92. The number of hydrogen-bond donors (Lipinski definition) is 0. The van der Waals surface area contributed by atoms with Crippen molar-refractivity contribution >= 4 is 34.5 Å². The van der Waals surface area contributed by atoms with Gasteiger partial charge in [-0.1, -0.05) is 18.2 Å². The second-order valence-corrected chi connectivity index (χ2v) is 8.47. The van der Waals surface area contributed by atoms with Gasteiger partial charge in [0.05, 0.1) is 32.7 Å². The maximum atomic E-state index is 5.57. The molecule has 0 fully saturated rings. The number of rotatable bonds is 5. The number of nitrogens with zero attached hydrogens (tertiary/aromatic N) is 1. The molecule has 1 aliphatic heterocycles. The van der Waals surface area contributed by atoms with Gasteiger partial charge in [-0.05, 0) is 41.3 Å². The van der Waals surface area contributed by atoms with Crippen molar-refractivity contribution in [2.75, 3.05) is 21.3 Å². The molecule has 2 aromatic carbocycles. The SMILES string of the molecule is COc1cc(C2CC(c3cccs3)=Nc3ccccc3S2)cc(OC)c1OC. The van der Waals surface area contributed by atoms with Gasteiger partial charge in [-0.2, -0.15) is 0 Å². The van der Waals surface area contributed by atoms with Crippen molar-refractivity contribution in [3.05, 3.63) is 64.4 Å². The summed E-state index contributed by atoms with van der Waals surface area (Å²) < 4.78 is 16.6. The van der Waals surface area contributed by atoms with Gasteiger partial charge < -0.3 is 14.2 Å². The summed E-state index contributed by atoms with van der Waals surface area (Å²) in [4.78, 5) is 7.37. The van der Waals surface area contributed by atoms with Gasteiger partial charge in [0, 0.05) is 21.4 Å². The van der Waals surface area contributed by atoms with Crippen LogP contribution in [0.4, 0.5) is 5.69 Å². The van der Waals surface area contributed by atoms with Crippen molar-refractivity contribution < 1.29 is 14.2 Å². The fourth-order valence-corrected chi connectivity index (χ4v) is 5.22. The predicted molar refractivity (Wildman–Crippen MR) is 116 cm³/mol. The van der Waals surface area contributed by atoms with E-state index in [1.807, 2.05) is 30.0 Å². The molecule has 0 N–H and O–H groups in total. The van der Waals surface area contributed by atoms with E-state index < -0.39 is 0 Å². The first-order chi connectivity index (χ1) is 13.7. The topological polar surface area (TPSA) is 40.0 Å². The molecule has 2 heterocycles. The minimum absolute atomic E-state index is 0.179. The van der Waals surface area contributed by atoms with Crippen LogP contribution in [-0.4, -0.2) is 27.0 Å². The minimum atomic E-state index is 0.179.